The molecule has 0 bridgehead atoms. The third-order valence-electron chi connectivity index (χ3n) is 7.13. The zero-order chi connectivity index (χ0) is 20.8. The number of phenols is 1. The van der Waals surface area contributed by atoms with Crippen LogP contribution in [0.4, 0.5) is 5.69 Å². The Morgan fingerprint density at radius 1 is 1.17 bits per heavy atom. The topological polar surface area (TPSA) is 52.6 Å². The lowest BCUT2D eigenvalue weighted by molar-refractivity contribution is -0.115. The fourth-order valence-corrected chi connectivity index (χ4v) is 5.33. The largest absolute Gasteiger partial charge is 0.505 e. The van der Waals surface area contributed by atoms with Gasteiger partial charge in [0.25, 0.3) is 0 Å². The summed E-state index contributed by atoms with van der Waals surface area (Å²) in [5.41, 5.74) is 3.72. The van der Waals surface area contributed by atoms with Crippen LogP contribution in [0.25, 0.3) is 0 Å². The second-order valence-corrected chi connectivity index (χ2v) is 9.32. The number of hydrogen-bond donors (Lipinski definition) is 2. The van der Waals surface area contributed by atoms with E-state index in [2.05, 4.69) is 16.3 Å². The van der Waals surface area contributed by atoms with Crippen molar-refractivity contribution < 1.29 is 9.90 Å². The van der Waals surface area contributed by atoms with Crippen molar-refractivity contribution in [1.29, 1.82) is 0 Å². The first kappa shape index (κ1) is 22.1. The van der Waals surface area contributed by atoms with Gasteiger partial charge in [-0.1, -0.05) is 45.1 Å². The van der Waals surface area contributed by atoms with Crippen molar-refractivity contribution in [3.63, 3.8) is 0 Å². The van der Waals surface area contributed by atoms with Gasteiger partial charge < -0.3 is 15.3 Å². The van der Waals surface area contributed by atoms with Gasteiger partial charge in [0.15, 0.2) is 0 Å². The van der Waals surface area contributed by atoms with Crippen LogP contribution in [0.1, 0.15) is 93.7 Å². The number of benzene rings is 1. The summed E-state index contributed by atoms with van der Waals surface area (Å²) < 4.78 is 0. The molecule has 1 atom stereocenters. The Hall–Kier alpha value is -1.55. The molecule has 1 aliphatic heterocycles. The van der Waals surface area contributed by atoms with Gasteiger partial charge in [-0.25, -0.2) is 0 Å². The van der Waals surface area contributed by atoms with Crippen molar-refractivity contribution in [3.8, 4) is 5.75 Å². The van der Waals surface area contributed by atoms with E-state index in [1.807, 2.05) is 20.8 Å². The van der Waals surface area contributed by atoms with Crippen LogP contribution in [-0.2, 0) is 4.79 Å². The fraction of sp³-hybridized carbons (Fsp3) is 0.720. The number of nitrogens with zero attached hydrogens (tertiary/aromatic N) is 1. The Morgan fingerprint density at radius 3 is 2.66 bits per heavy atom. The molecule has 3 rings (SSSR count). The van der Waals surface area contributed by atoms with Crippen LogP contribution in [0, 0.1) is 19.8 Å². The van der Waals surface area contributed by atoms with Crippen LogP contribution in [0.5, 0.6) is 5.75 Å². The Balaban J connectivity index is 1.61. The van der Waals surface area contributed by atoms with E-state index in [9.17, 15) is 9.90 Å². The van der Waals surface area contributed by atoms with Crippen molar-refractivity contribution in [1.82, 2.24) is 4.90 Å². The second-order valence-electron chi connectivity index (χ2n) is 9.32. The van der Waals surface area contributed by atoms with Gasteiger partial charge >= 0.3 is 0 Å². The monoisotopic (exact) mass is 400 g/mol. The SMILES string of the molecule is CCC(=O)Nc1c(C)cc(C2CCCN(CCCC3CCCCC3)C2)c(C)c1O. The third-order valence-corrected chi connectivity index (χ3v) is 7.13. The van der Waals surface area contributed by atoms with Crippen molar-refractivity contribution >= 4 is 11.6 Å². The Labute approximate surface area is 177 Å². The summed E-state index contributed by atoms with van der Waals surface area (Å²) in [6.45, 7) is 9.31. The van der Waals surface area contributed by atoms with Crippen LogP contribution in [-0.4, -0.2) is 35.5 Å². The summed E-state index contributed by atoms with van der Waals surface area (Å²) in [5.74, 6) is 1.63. The Bertz CT molecular complexity index is 695. The standard InChI is InChI=1S/C25H40N2O2/c1-4-23(28)26-24-18(2)16-22(19(3)25(24)29)21-13-9-15-27(17-21)14-8-12-20-10-6-5-7-11-20/h16,20-21,29H,4-15,17H2,1-3H3,(H,26,28). The van der Waals surface area contributed by atoms with E-state index < -0.39 is 0 Å². The minimum Gasteiger partial charge on any atom is -0.505 e. The van der Waals surface area contributed by atoms with Crippen molar-refractivity contribution in [2.45, 2.75) is 90.9 Å². The van der Waals surface area contributed by atoms with Gasteiger partial charge in [0.2, 0.25) is 5.91 Å². The molecule has 1 unspecified atom stereocenters. The van der Waals surface area contributed by atoms with Gasteiger partial charge in [0, 0.05) is 13.0 Å². The molecule has 2 aliphatic rings. The molecule has 162 valence electrons. The highest BCUT2D eigenvalue weighted by molar-refractivity contribution is 5.93. The average molecular weight is 401 g/mol. The number of nitrogens with one attached hydrogen (secondary N) is 1. The van der Waals surface area contributed by atoms with E-state index in [-0.39, 0.29) is 11.7 Å². The molecule has 1 aromatic carbocycles. The number of amides is 1. The van der Waals surface area contributed by atoms with Crippen molar-refractivity contribution in [2.75, 3.05) is 25.0 Å². The molecule has 0 aromatic heterocycles. The summed E-state index contributed by atoms with van der Waals surface area (Å²) in [4.78, 5) is 14.4. The number of anilines is 1. The first-order chi connectivity index (χ1) is 14.0. The van der Waals surface area contributed by atoms with Crippen molar-refractivity contribution in [3.05, 3.63) is 22.8 Å². The highest BCUT2D eigenvalue weighted by atomic mass is 16.3. The maximum atomic E-state index is 11.8. The molecule has 2 fully saturated rings. The predicted octanol–water partition coefficient (Wildman–Crippen LogP) is 5.90. The number of hydrogen-bond acceptors (Lipinski definition) is 3. The average Bonchev–Trinajstić information content (AvgIpc) is 2.74. The van der Waals surface area contributed by atoms with Crippen LogP contribution < -0.4 is 5.32 Å². The van der Waals surface area contributed by atoms with E-state index in [0.29, 0.717) is 18.0 Å². The minimum absolute atomic E-state index is 0.0580. The summed E-state index contributed by atoms with van der Waals surface area (Å²) in [7, 11) is 0. The molecule has 2 N–H and O–H groups in total. The van der Waals surface area contributed by atoms with Crippen molar-refractivity contribution in [2.24, 2.45) is 5.92 Å². The molecule has 0 radical (unpaired) electrons. The predicted molar refractivity (Wildman–Crippen MR) is 121 cm³/mol. The number of aromatic hydroxyl groups is 1. The molecule has 1 saturated carbocycles. The Morgan fingerprint density at radius 2 is 1.93 bits per heavy atom. The van der Waals surface area contributed by atoms with Gasteiger partial charge in [0.05, 0.1) is 5.69 Å². The quantitative estimate of drug-likeness (QED) is 0.561. The summed E-state index contributed by atoms with van der Waals surface area (Å²) in [6.07, 6.45) is 12.7. The molecule has 1 aliphatic carbocycles. The van der Waals surface area contributed by atoms with E-state index in [1.54, 1.807) is 0 Å². The van der Waals surface area contributed by atoms with Gasteiger partial charge in [-0.2, -0.15) is 0 Å². The second kappa shape index (κ2) is 10.5. The maximum Gasteiger partial charge on any atom is 0.224 e. The number of likely N-dealkylation sites (tertiary alicyclic amines) is 1. The van der Waals surface area contributed by atoms with Gasteiger partial charge in [-0.15, -0.1) is 0 Å². The smallest absolute Gasteiger partial charge is 0.224 e. The number of carbonyl (C=O) groups excluding carboxylic acids is 1. The molecule has 1 saturated heterocycles. The van der Waals surface area contributed by atoms with Crippen LogP contribution in [0.3, 0.4) is 0 Å². The highest BCUT2D eigenvalue weighted by Crippen LogP contribution is 2.39. The van der Waals surface area contributed by atoms with Crippen LogP contribution in [0.2, 0.25) is 0 Å². The molecule has 1 aromatic rings. The summed E-state index contributed by atoms with van der Waals surface area (Å²) in [6, 6.07) is 2.19. The Kier molecular flexibility index (Phi) is 7.99. The number of carbonyl (C=O) groups is 1. The lowest BCUT2D eigenvalue weighted by Gasteiger charge is -2.34. The van der Waals surface area contributed by atoms with E-state index in [0.717, 1.165) is 23.6 Å². The first-order valence-electron chi connectivity index (χ1n) is 11.8. The lowest BCUT2D eigenvalue weighted by atomic mass is 9.85. The number of rotatable bonds is 7. The zero-order valence-corrected chi connectivity index (χ0v) is 18.7. The highest BCUT2D eigenvalue weighted by Gasteiger charge is 2.25. The molecule has 29 heavy (non-hydrogen) atoms. The normalized spacial score (nSPS) is 21.3. The molecule has 4 nitrogen and oxygen atoms in total. The zero-order valence-electron chi connectivity index (χ0n) is 18.7. The summed E-state index contributed by atoms with van der Waals surface area (Å²) in [5, 5.41) is 13.6. The third kappa shape index (κ3) is 5.75. The number of piperidine rings is 1. The molecule has 1 amide bonds. The fourth-order valence-electron chi connectivity index (χ4n) is 5.33. The van der Waals surface area contributed by atoms with Gasteiger partial charge in [0.1, 0.15) is 5.75 Å². The lowest BCUT2D eigenvalue weighted by Crippen LogP contribution is -2.35. The summed E-state index contributed by atoms with van der Waals surface area (Å²) >= 11 is 0. The number of phenolic OH excluding ortho intramolecular Hbond substituents is 1. The van der Waals surface area contributed by atoms with E-state index >= 15 is 0 Å². The molecule has 4 heteroatoms. The molecular formula is C25H40N2O2. The van der Waals surface area contributed by atoms with E-state index in [1.165, 1.54) is 76.4 Å². The van der Waals surface area contributed by atoms with Crippen LogP contribution >= 0.6 is 0 Å². The van der Waals surface area contributed by atoms with E-state index in [4.69, 9.17) is 0 Å². The first-order valence-corrected chi connectivity index (χ1v) is 11.8. The van der Waals surface area contributed by atoms with Gasteiger partial charge in [-0.3, -0.25) is 4.79 Å². The molecule has 1 heterocycles. The van der Waals surface area contributed by atoms with Gasteiger partial charge in [-0.05, 0) is 81.1 Å². The minimum atomic E-state index is -0.0580. The maximum absolute atomic E-state index is 11.8. The molecule has 0 spiro atoms. The van der Waals surface area contributed by atoms with Crippen LogP contribution in [0.15, 0.2) is 6.07 Å². The number of aryl methyl sites for hydroxylation is 1. The molecular weight excluding hydrogens is 360 g/mol.